The first-order valence-electron chi connectivity index (χ1n) is 4.78. The van der Waals surface area contributed by atoms with Gasteiger partial charge >= 0.3 is 0 Å². The number of rotatable bonds is 5. The topological polar surface area (TPSA) is 30.5 Å². The number of nitrogens with one attached hydrogen (secondary N) is 1. The molecule has 0 radical (unpaired) electrons. The summed E-state index contributed by atoms with van der Waals surface area (Å²) in [5, 5.41) is 3.66. The minimum Gasteiger partial charge on any atom is -0.493 e. The molecule has 0 aromatic heterocycles. The van der Waals surface area contributed by atoms with E-state index in [9.17, 15) is 0 Å². The SMILES string of the molecule is CNCCc1ccc(Cl)c(OC)c1OC. The molecule has 1 aromatic carbocycles. The average molecular weight is 230 g/mol. The van der Waals surface area contributed by atoms with Crippen LogP contribution >= 0.6 is 11.6 Å². The molecule has 0 amide bonds. The molecule has 0 heterocycles. The van der Waals surface area contributed by atoms with Crippen molar-refractivity contribution in [2.45, 2.75) is 6.42 Å². The fraction of sp³-hybridized carbons (Fsp3) is 0.455. The van der Waals surface area contributed by atoms with E-state index in [0.717, 1.165) is 24.3 Å². The second kappa shape index (κ2) is 5.83. The van der Waals surface area contributed by atoms with E-state index in [2.05, 4.69) is 5.32 Å². The molecule has 0 aliphatic heterocycles. The van der Waals surface area contributed by atoms with Crippen LogP contribution in [0.2, 0.25) is 5.02 Å². The van der Waals surface area contributed by atoms with E-state index < -0.39 is 0 Å². The fourth-order valence-electron chi connectivity index (χ4n) is 1.45. The molecule has 0 saturated heterocycles. The zero-order valence-corrected chi connectivity index (χ0v) is 10.0. The van der Waals surface area contributed by atoms with Crippen LogP contribution in [-0.2, 0) is 6.42 Å². The Labute approximate surface area is 95.3 Å². The molecule has 3 nitrogen and oxygen atoms in total. The zero-order chi connectivity index (χ0) is 11.3. The van der Waals surface area contributed by atoms with Gasteiger partial charge in [0.2, 0.25) is 0 Å². The summed E-state index contributed by atoms with van der Waals surface area (Å²) in [6, 6.07) is 3.79. The zero-order valence-electron chi connectivity index (χ0n) is 9.26. The van der Waals surface area contributed by atoms with Crippen molar-refractivity contribution in [1.82, 2.24) is 5.32 Å². The van der Waals surface area contributed by atoms with Crippen LogP contribution in [0.4, 0.5) is 0 Å². The first-order valence-corrected chi connectivity index (χ1v) is 5.16. The normalized spacial score (nSPS) is 10.1. The molecule has 0 bridgehead atoms. The van der Waals surface area contributed by atoms with Gasteiger partial charge in [0.15, 0.2) is 11.5 Å². The van der Waals surface area contributed by atoms with E-state index in [1.54, 1.807) is 14.2 Å². The van der Waals surface area contributed by atoms with Crippen molar-refractivity contribution < 1.29 is 9.47 Å². The van der Waals surface area contributed by atoms with E-state index >= 15 is 0 Å². The Hall–Kier alpha value is -0.930. The molecule has 0 spiro atoms. The predicted molar refractivity (Wildman–Crippen MR) is 62.2 cm³/mol. The summed E-state index contributed by atoms with van der Waals surface area (Å²) in [7, 11) is 5.13. The van der Waals surface area contributed by atoms with Gasteiger partial charge in [0.1, 0.15) is 0 Å². The number of ether oxygens (including phenoxy) is 2. The Morgan fingerprint density at radius 3 is 2.40 bits per heavy atom. The number of likely N-dealkylation sites (N-methyl/N-ethyl adjacent to an activating group) is 1. The molecule has 1 aromatic rings. The standard InChI is InChI=1S/C11H16ClNO2/c1-13-7-6-8-4-5-9(12)11(15-3)10(8)14-2/h4-5,13H,6-7H2,1-3H3. The summed E-state index contributed by atoms with van der Waals surface area (Å²) in [6.45, 7) is 0.890. The van der Waals surface area contributed by atoms with Crippen LogP contribution < -0.4 is 14.8 Å². The lowest BCUT2D eigenvalue weighted by atomic mass is 10.1. The maximum absolute atomic E-state index is 5.99. The van der Waals surface area contributed by atoms with Gasteiger partial charge in [0.05, 0.1) is 19.2 Å². The first kappa shape index (κ1) is 12.1. The van der Waals surface area contributed by atoms with Crippen molar-refractivity contribution in [3.63, 3.8) is 0 Å². The van der Waals surface area contributed by atoms with Gasteiger partial charge in [0.25, 0.3) is 0 Å². The number of benzene rings is 1. The Bertz CT molecular complexity index is 329. The minimum absolute atomic E-state index is 0.572. The second-order valence-corrected chi connectivity index (χ2v) is 3.53. The lowest BCUT2D eigenvalue weighted by Gasteiger charge is -2.13. The van der Waals surface area contributed by atoms with Gasteiger partial charge in [0, 0.05) is 0 Å². The summed E-state index contributed by atoms with van der Waals surface area (Å²) in [6.07, 6.45) is 0.882. The van der Waals surface area contributed by atoms with Gasteiger partial charge in [-0.25, -0.2) is 0 Å². The van der Waals surface area contributed by atoms with Crippen molar-refractivity contribution in [3.8, 4) is 11.5 Å². The van der Waals surface area contributed by atoms with Crippen LogP contribution in [0, 0.1) is 0 Å². The predicted octanol–water partition coefficient (Wildman–Crippen LogP) is 2.12. The summed E-state index contributed by atoms with van der Waals surface area (Å²) in [5.41, 5.74) is 1.09. The number of halogens is 1. The van der Waals surface area contributed by atoms with Crippen LogP contribution in [0.25, 0.3) is 0 Å². The number of methoxy groups -OCH3 is 2. The van der Waals surface area contributed by atoms with E-state index in [4.69, 9.17) is 21.1 Å². The van der Waals surface area contributed by atoms with Crippen LogP contribution in [0.3, 0.4) is 0 Å². The summed E-state index contributed by atoms with van der Waals surface area (Å²) < 4.78 is 10.5. The van der Waals surface area contributed by atoms with Crippen molar-refractivity contribution in [3.05, 3.63) is 22.7 Å². The second-order valence-electron chi connectivity index (χ2n) is 3.13. The lowest BCUT2D eigenvalue weighted by molar-refractivity contribution is 0.351. The van der Waals surface area contributed by atoms with E-state index in [1.165, 1.54) is 0 Å². The lowest BCUT2D eigenvalue weighted by Crippen LogP contribution is -2.11. The molecule has 0 atom stereocenters. The smallest absolute Gasteiger partial charge is 0.179 e. The number of hydrogen-bond acceptors (Lipinski definition) is 3. The van der Waals surface area contributed by atoms with Gasteiger partial charge in [-0.2, -0.15) is 0 Å². The van der Waals surface area contributed by atoms with Crippen molar-refractivity contribution in [1.29, 1.82) is 0 Å². The van der Waals surface area contributed by atoms with Gasteiger partial charge in [-0.15, -0.1) is 0 Å². The molecule has 84 valence electrons. The van der Waals surface area contributed by atoms with E-state index in [0.29, 0.717) is 10.8 Å². The van der Waals surface area contributed by atoms with Crippen molar-refractivity contribution >= 4 is 11.6 Å². The molecule has 15 heavy (non-hydrogen) atoms. The molecule has 0 aliphatic rings. The first-order chi connectivity index (χ1) is 7.24. The van der Waals surface area contributed by atoms with Gasteiger partial charge in [-0.05, 0) is 31.6 Å². The minimum atomic E-state index is 0.572. The van der Waals surface area contributed by atoms with Crippen molar-refractivity contribution in [2.75, 3.05) is 27.8 Å². The van der Waals surface area contributed by atoms with Crippen LogP contribution in [0.1, 0.15) is 5.56 Å². The van der Waals surface area contributed by atoms with Crippen molar-refractivity contribution in [2.24, 2.45) is 0 Å². The summed E-state index contributed by atoms with van der Waals surface area (Å²) in [4.78, 5) is 0. The van der Waals surface area contributed by atoms with Crippen LogP contribution in [0.15, 0.2) is 12.1 Å². The Balaban J connectivity index is 3.05. The monoisotopic (exact) mass is 229 g/mol. The average Bonchev–Trinajstić information content (AvgIpc) is 2.26. The highest BCUT2D eigenvalue weighted by atomic mass is 35.5. The van der Waals surface area contributed by atoms with Gasteiger partial charge < -0.3 is 14.8 Å². The highest BCUT2D eigenvalue weighted by molar-refractivity contribution is 6.32. The van der Waals surface area contributed by atoms with Gasteiger partial charge in [-0.3, -0.25) is 0 Å². The largest absolute Gasteiger partial charge is 0.493 e. The Kier molecular flexibility index (Phi) is 4.72. The fourth-order valence-corrected chi connectivity index (χ4v) is 1.68. The quantitative estimate of drug-likeness (QED) is 0.839. The van der Waals surface area contributed by atoms with Gasteiger partial charge in [-0.1, -0.05) is 17.7 Å². The summed E-state index contributed by atoms with van der Waals surface area (Å²) in [5.74, 6) is 1.33. The Morgan fingerprint density at radius 1 is 1.20 bits per heavy atom. The highest BCUT2D eigenvalue weighted by Gasteiger charge is 2.12. The molecule has 0 aliphatic carbocycles. The van der Waals surface area contributed by atoms with E-state index in [-0.39, 0.29) is 0 Å². The van der Waals surface area contributed by atoms with E-state index in [1.807, 2.05) is 19.2 Å². The molecule has 0 unspecified atom stereocenters. The number of hydrogen-bond donors (Lipinski definition) is 1. The molecular weight excluding hydrogens is 214 g/mol. The third kappa shape index (κ3) is 2.76. The molecule has 1 N–H and O–H groups in total. The third-order valence-corrected chi connectivity index (χ3v) is 2.50. The molecule has 1 rings (SSSR count). The highest BCUT2D eigenvalue weighted by Crippen LogP contribution is 2.37. The maximum Gasteiger partial charge on any atom is 0.179 e. The molecule has 4 heteroatoms. The molecule has 0 saturated carbocycles. The summed E-state index contributed by atoms with van der Waals surface area (Å²) >= 11 is 5.99. The van der Waals surface area contributed by atoms with Crippen LogP contribution in [-0.4, -0.2) is 27.8 Å². The third-order valence-electron chi connectivity index (χ3n) is 2.20. The maximum atomic E-state index is 5.99. The molecular formula is C11H16ClNO2. The van der Waals surface area contributed by atoms with Crippen LogP contribution in [0.5, 0.6) is 11.5 Å². The Morgan fingerprint density at radius 2 is 1.87 bits per heavy atom. The molecule has 0 fully saturated rings.